The van der Waals surface area contributed by atoms with Gasteiger partial charge in [-0.2, -0.15) is 0 Å². The van der Waals surface area contributed by atoms with Crippen molar-refractivity contribution in [1.29, 1.82) is 0 Å². The van der Waals surface area contributed by atoms with Crippen molar-refractivity contribution >= 4 is 0 Å². The van der Waals surface area contributed by atoms with Gasteiger partial charge in [0.05, 0.1) is 24.9 Å². The van der Waals surface area contributed by atoms with E-state index in [0.717, 1.165) is 38.5 Å². The molecule has 1 spiro atoms. The molecule has 14 heteroatoms. The van der Waals surface area contributed by atoms with Gasteiger partial charge in [-0.1, -0.05) is 39.3 Å². The van der Waals surface area contributed by atoms with Gasteiger partial charge in [0.1, 0.15) is 42.2 Å². The van der Waals surface area contributed by atoms with Crippen LogP contribution in [0, 0.1) is 34.5 Å². The molecule has 51 heavy (non-hydrogen) atoms. The van der Waals surface area contributed by atoms with Crippen molar-refractivity contribution in [2.75, 3.05) is 6.61 Å². The van der Waals surface area contributed by atoms with Gasteiger partial charge in [0.2, 0.25) is 0 Å². The molecule has 5 saturated heterocycles. The Morgan fingerprint density at radius 1 is 0.784 bits per heavy atom. The van der Waals surface area contributed by atoms with E-state index >= 15 is 0 Å². The van der Waals surface area contributed by atoms with E-state index < -0.39 is 84.7 Å². The maximum Gasteiger partial charge on any atom is 0.191 e. The second kappa shape index (κ2) is 12.9. The van der Waals surface area contributed by atoms with Crippen LogP contribution in [0.3, 0.4) is 0 Å². The highest BCUT2D eigenvalue weighted by atomic mass is 16.8. The number of fused-ring (bicyclic) bond motifs is 7. The van der Waals surface area contributed by atoms with Crippen LogP contribution >= 0.6 is 0 Å². The van der Waals surface area contributed by atoms with Crippen molar-refractivity contribution in [1.82, 2.24) is 0 Å². The van der Waals surface area contributed by atoms with Crippen LogP contribution in [-0.4, -0.2) is 134 Å². The third kappa shape index (κ3) is 5.42. The van der Waals surface area contributed by atoms with Crippen molar-refractivity contribution in [3.05, 3.63) is 11.6 Å². The summed E-state index contributed by atoms with van der Waals surface area (Å²) in [6.45, 7) is 10.9. The number of hydrogen-bond acceptors (Lipinski definition) is 14. The summed E-state index contributed by atoms with van der Waals surface area (Å²) in [5.74, 6) is -0.0335. The zero-order valence-electron chi connectivity index (χ0n) is 30.2. The van der Waals surface area contributed by atoms with Gasteiger partial charge in [-0.25, -0.2) is 0 Å². The topological polar surface area (TPSA) is 206 Å². The molecule has 0 bridgehead atoms. The van der Waals surface area contributed by atoms with Gasteiger partial charge in [-0.3, -0.25) is 0 Å². The highest BCUT2D eigenvalue weighted by molar-refractivity contribution is 5.28. The molecule has 0 aromatic heterocycles. The van der Waals surface area contributed by atoms with E-state index in [1.807, 2.05) is 0 Å². The zero-order valence-corrected chi connectivity index (χ0v) is 30.2. The van der Waals surface area contributed by atoms with Crippen molar-refractivity contribution < 1.29 is 68.9 Å². The third-order valence-electron chi connectivity index (χ3n) is 14.8. The lowest BCUT2D eigenvalue weighted by atomic mass is 9.47. The molecule has 21 unspecified atom stereocenters. The zero-order chi connectivity index (χ0) is 36.4. The summed E-state index contributed by atoms with van der Waals surface area (Å²) in [5.41, 5.74) is -0.481. The molecule has 290 valence electrons. The van der Waals surface area contributed by atoms with Crippen molar-refractivity contribution in [3.63, 3.8) is 0 Å². The summed E-state index contributed by atoms with van der Waals surface area (Å²) < 4.78 is 42.7. The molecule has 2 saturated carbocycles. The molecule has 8 aliphatic rings. The summed E-state index contributed by atoms with van der Waals surface area (Å²) in [6, 6.07) is 0. The molecule has 3 aliphatic carbocycles. The fourth-order valence-corrected chi connectivity index (χ4v) is 11.4. The van der Waals surface area contributed by atoms with Crippen LogP contribution < -0.4 is 0 Å². The molecule has 14 nitrogen and oxygen atoms in total. The van der Waals surface area contributed by atoms with Crippen LogP contribution in [0.4, 0.5) is 0 Å². The fourth-order valence-electron chi connectivity index (χ4n) is 11.4. The van der Waals surface area contributed by atoms with Crippen LogP contribution in [0.1, 0.15) is 86.0 Å². The largest absolute Gasteiger partial charge is 0.388 e. The van der Waals surface area contributed by atoms with E-state index in [-0.39, 0.29) is 29.5 Å². The van der Waals surface area contributed by atoms with Gasteiger partial charge < -0.3 is 68.9 Å². The Morgan fingerprint density at radius 3 is 2.25 bits per heavy atom. The smallest absolute Gasteiger partial charge is 0.191 e. The van der Waals surface area contributed by atoms with Crippen LogP contribution in [0.5, 0.6) is 0 Å². The average molecular weight is 727 g/mol. The standard InChI is InChI=1S/C37H58O14/c1-16-8-13-36(45-15-16)18(3)37(44)33(51-36)49-29-21-7-6-19-14-20(9-11-34(19,4)22(21)10-12-35(29,37)5)47-32-27(42)28(26(41)30(43)50-32)48-31-25(40)24(39)23(38)17(2)46-31/h6,16-18,20-33,38-44H,7-15H2,1-5H3. The van der Waals surface area contributed by atoms with E-state index in [2.05, 4.69) is 33.8 Å². The quantitative estimate of drug-likeness (QED) is 0.200. The molecular weight excluding hydrogens is 668 g/mol. The van der Waals surface area contributed by atoms with Gasteiger partial charge in [0, 0.05) is 17.8 Å². The molecule has 0 amide bonds. The molecule has 0 radical (unpaired) electrons. The summed E-state index contributed by atoms with van der Waals surface area (Å²) in [7, 11) is 0. The minimum absolute atomic E-state index is 0.117. The van der Waals surface area contributed by atoms with Crippen molar-refractivity contribution in [3.8, 4) is 0 Å². The number of aliphatic hydroxyl groups excluding tert-OH is 6. The molecular formula is C37H58O14. The molecule has 21 atom stereocenters. The normalized spacial score (nSPS) is 59.8. The third-order valence-corrected chi connectivity index (χ3v) is 14.8. The molecule has 5 aliphatic heterocycles. The summed E-state index contributed by atoms with van der Waals surface area (Å²) in [4.78, 5) is 0. The first-order chi connectivity index (χ1) is 24.0. The first-order valence-electron chi connectivity index (χ1n) is 19.1. The molecule has 8 rings (SSSR count). The number of aliphatic hydroxyl groups is 7. The predicted octanol–water partition coefficient (Wildman–Crippen LogP) is 0.799. The lowest BCUT2D eigenvalue weighted by Gasteiger charge is -2.58. The highest BCUT2D eigenvalue weighted by Crippen LogP contribution is 2.69. The Balaban J connectivity index is 0.944. The molecule has 0 aromatic rings. The molecule has 7 fully saturated rings. The van der Waals surface area contributed by atoms with Crippen molar-refractivity contribution in [2.24, 2.45) is 34.5 Å². The molecule has 0 aromatic carbocycles. The Morgan fingerprint density at radius 2 is 1.53 bits per heavy atom. The van der Waals surface area contributed by atoms with Gasteiger partial charge >= 0.3 is 0 Å². The molecule has 5 heterocycles. The fraction of sp³-hybridized carbons (Fsp3) is 0.946. The SMILES string of the molecule is CC1CCC2(OC1)OC1OC3C4CC=C5CC(OC6OC(O)C(O)C(OC7OC(C)C(O)C(O)C7O)C6O)CCC5(C)C4CCC3(C)C1(O)C2C. The minimum atomic E-state index is -1.76. The lowest BCUT2D eigenvalue weighted by molar-refractivity contribution is -0.382. The highest BCUT2D eigenvalue weighted by Gasteiger charge is 2.77. The lowest BCUT2D eigenvalue weighted by Crippen LogP contribution is -2.64. The van der Waals surface area contributed by atoms with Crippen LogP contribution in [-0.2, 0) is 33.2 Å². The number of allylic oxidation sites excluding steroid dienone is 1. The minimum Gasteiger partial charge on any atom is -0.388 e. The maximum atomic E-state index is 12.6. The first kappa shape index (κ1) is 37.1. The Labute approximate surface area is 298 Å². The first-order valence-corrected chi connectivity index (χ1v) is 19.1. The number of hydrogen-bond donors (Lipinski definition) is 7. The predicted molar refractivity (Wildman–Crippen MR) is 175 cm³/mol. The Bertz CT molecular complexity index is 1340. The van der Waals surface area contributed by atoms with Gasteiger partial charge in [0.15, 0.2) is 30.9 Å². The van der Waals surface area contributed by atoms with Gasteiger partial charge in [0.25, 0.3) is 0 Å². The van der Waals surface area contributed by atoms with E-state index in [4.69, 9.17) is 33.2 Å². The number of rotatable bonds is 4. The number of ether oxygens (including phenoxy) is 7. The van der Waals surface area contributed by atoms with E-state index in [1.165, 1.54) is 12.5 Å². The van der Waals surface area contributed by atoms with E-state index in [9.17, 15) is 35.7 Å². The second-order valence-corrected chi connectivity index (χ2v) is 17.6. The monoisotopic (exact) mass is 726 g/mol. The van der Waals surface area contributed by atoms with Gasteiger partial charge in [-0.15, -0.1) is 0 Å². The van der Waals surface area contributed by atoms with Gasteiger partial charge in [-0.05, 0) is 75.0 Å². The average Bonchev–Trinajstić information content (AvgIpc) is 3.46. The van der Waals surface area contributed by atoms with Crippen LogP contribution in [0.2, 0.25) is 0 Å². The Hall–Kier alpha value is -0.820. The second-order valence-electron chi connectivity index (χ2n) is 17.6. The summed E-state index contributed by atoms with van der Waals surface area (Å²) in [6.07, 6.45) is -7.40. The Kier molecular flexibility index (Phi) is 9.37. The summed E-state index contributed by atoms with van der Waals surface area (Å²) >= 11 is 0. The van der Waals surface area contributed by atoms with E-state index in [1.54, 1.807) is 0 Å². The van der Waals surface area contributed by atoms with Crippen LogP contribution in [0.25, 0.3) is 0 Å². The summed E-state index contributed by atoms with van der Waals surface area (Å²) in [5, 5.41) is 75.7. The molecule has 7 N–H and O–H groups in total. The van der Waals surface area contributed by atoms with E-state index in [0.29, 0.717) is 31.3 Å². The van der Waals surface area contributed by atoms with Crippen molar-refractivity contribution in [2.45, 2.75) is 177 Å². The maximum absolute atomic E-state index is 12.6. The van der Waals surface area contributed by atoms with Crippen LogP contribution in [0.15, 0.2) is 11.6 Å².